The maximum Gasteiger partial charge on any atom is 0.245 e. The zero-order chi connectivity index (χ0) is 14.3. The molecule has 6 heteroatoms. The molecule has 2 aromatic rings. The second-order valence-corrected chi connectivity index (χ2v) is 6.47. The van der Waals surface area contributed by atoms with E-state index in [1.165, 1.54) is 0 Å². The molecule has 0 spiro atoms. The highest BCUT2D eigenvalue weighted by atomic mass is 79.9. The number of hydrogen-bond donors (Lipinski definition) is 1. The molecular weight excluding hydrogens is 338 g/mol. The van der Waals surface area contributed by atoms with Crippen LogP contribution in [0.5, 0.6) is 0 Å². The molecule has 106 valence electrons. The van der Waals surface area contributed by atoms with Crippen LogP contribution in [0.15, 0.2) is 22.7 Å². The molecule has 1 amide bonds. The minimum absolute atomic E-state index is 0.155. The molecule has 0 saturated carbocycles. The fourth-order valence-corrected chi connectivity index (χ4v) is 3.53. The highest BCUT2D eigenvalue weighted by molar-refractivity contribution is 9.10. The molecule has 0 bridgehead atoms. The number of likely N-dealkylation sites (tertiary alicyclic amines) is 1. The average molecular weight is 354 g/mol. The summed E-state index contributed by atoms with van der Waals surface area (Å²) in [6.45, 7) is 3.65. The van der Waals surface area contributed by atoms with Crippen molar-refractivity contribution >= 4 is 45.1 Å². The quantitative estimate of drug-likeness (QED) is 0.837. The Morgan fingerprint density at radius 1 is 1.40 bits per heavy atom. The van der Waals surface area contributed by atoms with Crippen molar-refractivity contribution in [3.05, 3.63) is 27.4 Å². The van der Waals surface area contributed by atoms with Crippen LogP contribution in [-0.2, 0) is 4.79 Å². The fourth-order valence-electron chi connectivity index (χ4n) is 2.80. The first kappa shape index (κ1) is 13.8. The Morgan fingerprint density at radius 3 is 2.80 bits per heavy atom. The van der Waals surface area contributed by atoms with Crippen LogP contribution in [0, 0.1) is 4.77 Å². The Morgan fingerprint density at radius 2 is 2.10 bits per heavy atom. The summed E-state index contributed by atoms with van der Waals surface area (Å²) in [5, 5.41) is 0. The molecule has 1 N–H and O–H groups in total. The molecule has 0 aliphatic carbocycles. The molecule has 4 nitrogen and oxygen atoms in total. The summed E-state index contributed by atoms with van der Waals surface area (Å²) in [7, 11) is 0. The SMILES string of the molecule is CC(C(=O)N1CCCC1)n1c(=S)[nH]c2cc(Br)ccc21. The van der Waals surface area contributed by atoms with Crippen LogP contribution in [0.3, 0.4) is 0 Å². The lowest BCUT2D eigenvalue weighted by Crippen LogP contribution is -2.33. The van der Waals surface area contributed by atoms with E-state index < -0.39 is 0 Å². The number of amides is 1. The molecule has 1 aromatic heterocycles. The summed E-state index contributed by atoms with van der Waals surface area (Å²) in [6, 6.07) is 5.67. The van der Waals surface area contributed by atoms with Crippen LogP contribution in [0.4, 0.5) is 0 Å². The molecule has 1 atom stereocenters. The molecular formula is C14H16BrN3OS. The van der Waals surface area contributed by atoms with E-state index >= 15 is 0 Å². The van der Waals surface area contributed by atoms with Gasteiger partial charge >= 0.3 is 0 Å². The van der Waals surface area contributed by atoms with Gasteiger partial charge in [0, 0.05) is 17.6 Å². The van der Waals surface area contributed by atoms with Gasteiger partial charge in [0.2, 0.25) is 5.91 Å². The average Bonchev–Trinajstić information content (AvgIpc) is 3.03. The summed E-state index contributed by atoms with van der Waals surface area (Å²) < 4.78 is 3.50. The van der Waals surface area contributed by atoms with Gasteiger partial charge in [0.1, 0.15) is 6.04 Å². The van der Waals surface area contributed by atoms with Gasteiger partial charge in [-0.25, -0.2) is 0 Å². The molecule has 1 aromatic carbocycles. The molecule has 0 radical (unpaired) electrons. The number of imidazole rings is 1. The van der Waals surface area contributed by atoms with Gasteiger partial charge in [-0.1, -0.05) is 15.9 Å². The van der Waals surface area contributed by atoms with Gasteiger partial charge < -0.3 is 14.5 Å². The normalized spacial score (nSPS) is 16.8. The van der Waals surface area contributed by atoms with E-state index in [4.69, 9.17) is 12.2 Å². The van der Waals surface area contributed by atoms with E-state index in [2.05, 4.69) is 20.9 Å². The minimum Gasteiger partial charge on any atom is -0.341 e. The smallest absolute Gasteiger partial charge is 0.245 e. The van der Waals surface area contributed by atoms with E-state index in [-0.39, 0.29) is 11.9 Å². The summed E-state index contributed by atoms with van der Waals surface area (Å²) in [6.07, 6.45) is 2.20. The summed E-state index contributed by atoms with van der Waals surface area (Å²) in [5.41, 5.74) is 1.92. The largest absolute Gasteiger partial charge is 0.341 e. The number of aromatic nitrogens is 2. The highest BCUT2D eigenvalue weighted by Gasteiger charge is 2.25. The predicted octanol–water partition coefficient (Wildman–Crippen LogP) is 3.64. The van der Waals surface area contributed by atoms with E-state index in [1.54, 1.807) is 0 Å². The number of hydrogen-bond acceptors (Lipinski definition) is 2. The third-order valence-electron chi connectivity index (χ3n) is 3.84. The number of nitrogens with zero attached hydrogens (tertiary/aromatic N) is 2. The van der Waals surface area contributed by atoms with Gasteiger partial charge in [0.05, 0.1) is 11.0 Å². The minimum atomic E-state index is -0.268. The number of benzene rings is 1. The monoisotopic (exact) mass is 353 g/mol. The summed E-state index contributed by atoms with van der Waals surface area (Å²) in [4.78, 5) is 17.6. The molecule has 1 unspecified atom stereocenters. The van der Waals surface area contributed by atoms with Crippen molar-refractivity contribution in [1.82, 2.24) is 14.5 Å². The number of halogens is 1. The number of nitrogens with one attached hydrogen (secondary N) is 1. The molecule has 1 saturated heterocycles. The van der Waals surface area contributed by atoms with Crippen molar-refractivity contribution in [2.75, 3.05) is 13.1 Å². The Bertz CT molecular complexity index is 715. The molecule has 1 aliphatic heterocycles. The van der Waals surface area contributed by atoms with Crippen LogP contribution >= 0.6 is 28.1 Å². The van der Waals surface area contributed by atoms with Crippen LogP contribution < -0.4 is 0 Å². The van der Waals surface area contributed by atoms with Crippen molar-refractivity contribution < 1.29 is 4.79 Å². The standard InChI is InChI=1S/C14H16BrN3OS/c1-9(13(19)17-6-2-3-7-17)18-12-5-4-10(15)8-11(12)16-14(18)20/h4-5,8-9H,2-3,6-7H2,1H3,(H,16,20). The predicted molar refractivity (Wildman–Crippen MR) is 85.3 cm³/mol. The van der Waals surface area contributed by atoms with Gasteiger partial charge in [-0.2, -0.15) is 0 Å². The maximum atomic E-state index is 12.5. The summed E-state index contributed by atoms with van der Waals surface area (Å²) >= 11 is 8.84. The van der Waals surface area contributed by atoms with E-state index in [0.29, 0.717) is 4.77 Å². The van der Waals surface area contributed by atoms with Crippen LogP contribution in [0.1, 0.15) is 25.8 Å². The number of fused-ring (bicyclic) bond motifs is 1. The first-order valence-corrected chi connectivity index (χ1v) is 7.96. The third-order valence-corrected chi connectivity index (χ3v) is 4.63. The molecule has 1 fully saturated rings. The van der Waals surface area contributed by atoms with Crippen LogP contribution in [-0.4, -0.2) is 33.4 Å². The number of H-pyrrole nitrogens is 1. The van der Waals surface area contributed by atoms with E-state index in [1.807, 2.05) is 34.6 Å². The highest BCUT2D eigenvalue weighted by Crippen LogP contribution is 2.24. The lowest BCUT2D eigenvalue weighted by molar-refractivity contribution is -0.133. The number of carbonyl (C=O) groups excluding carboxylic acids is 1. The van der Waals surface area contributed by atoms with Crippen molar-refractivity contribution in [2.45, 2.75) is 25.8 Å². The fraction of sp³-hybridized carbons (Fsp3) is 0.429. The summed E-state index contributed by atoms with van der Waals surface area (Å²) in [5.74, 6) is 0.155. The third kappa shape index (κ3) is 2.31. The Hall–Kier alpha value is -1.14. The lowest BCUT2D eigenvalue weighted by atomic mass is 10.2. The first-order valence-electron chi connectivity index (χ1n) is 6.76. The number of aromatic amines is 1. The van der Waals surface area contributed by atoms with Crippen molar-refractivity contribution in [3.8, 4) is 0 Å². The molecule has 20 heavy (non-hydrogen) atoms. The number of rotatable bonds is 2. The zero-order valence-corrected chi connectivity index (χ0v) is 13.6. The van der Waals surface area contributed by atoms with Crippen LogP contribution in [0.2, 0.25) is 0 Å². The lowest BCUT2D eigenvalue weighted by Gasteiger charge is -2.21. The van der Waals surface area contributed by atoms with Crippen molar-refractivity contribution in [3.63, 3.8) is 0 Å². The van der Waals surface area contributed by atoms with E-state index in [9.17, 15) is 4.79 Å². The second-order valence-electron chi connectivity index (χ2n) is 5.17. The van der Waals surface area contributed by atoms with Gasteiger partial charge in [-0.15, -0.1) is 0 Å². The maximum absolute atomic E-state index is 12.5. The van der Waals surface area contributed by atoms with Crippen molar-refractivity contribution in [2.24, 2.45) is 0 Å². The zero-order valence-electron chi connectivity index (χ0n) is 11.2. The van der Waals surface area contributed by atoms with Crippen LogP contribution in [0.25, 0.3) is 11.0 Å². The van der Waals surface area contributed by atoms with Gasteiger partial charge in [-0.05, 0) is 50.2 Å². The molecule has 3 rings (SSSR count). The first-order chi connectivity index (χ1) is 9.58. The Labute approximate surface area is 130 Å². The number of carbonyl (C=O) groups is 1. The second kappa shape index (κ2) is 5.33. The van der Waals surface area contributed by atoms with E-state index in [0.717, 1.165) is 41.4 Å². The Kier molecular flexibility index (Phi) is 3.69. The molecule has 2 heterocycles. The van der Waals surface area contributed by atoms with Gasteiger partial charge in [0.15, 0.2) is 4.77 Å². The van der Waals surface area contributed by atoms with Gasteiger partial charge in [0.25, 0.3) is 0 Å². The topological polar surface area (TPSA) is 41.0 Å². The van der Waals surface area contributed by atoms with Gasteiger partial charge in [-0.3, -0.25) is 4.79 Å². The van der Waals surface area contributed by atoms with Crippen molar-refractivity contribution in [1.29, 1.82) is 0 Å². The molecule has 1 aliphatic rings. The Balaban J connectivity index is 2.02.